The van der Waals surface area contributed by atoms with Crippen LogP contribution in [0.15, 0.2) is 89.5 Å². The topological polar surface area (TPSA) is 55.1 Å². The molecule has 4 aromatic rings. The normalized spacial score (nSPS) is 10.6. The minimum Gasteiger partial charge on any atom is -0.436 e. The molecule has 0 bridgehead atoms. The third kappa shape index (κ3) is 3.93. The lowest BCUT2D eigenvalue weighted by molar-refractivity contribution is 0.102. The summed E-state index contributed by atoms with van der Waals surface area (Å²) >= 11 is 2.23. The third-order valence-corrected chi connectivity index (χ3v) is 4.79. The predicted molar refractivity (Wildman–Crippen MR) is 114 cm³/mol. The molecule has 1 heterocycles. The number of aromatic nitrogens is 1. The van der Waals surface area contributed by atoms with Crippen molar-refractivity contribution < 1.29 is 9.21 Å². The lowest BCUT2D eigenvalue weighted by Crippen LogP contribution is -2.13. The van der Waals surface area contributed by atoms with Crippen LogP contribution < -0.4 is 5.32 Å². The minimum atomic E-state index is -0.203. The Labute approximate surface area is 170 Å². The zero-order valence-corrected chi connectivity index (χ0v) is 16.4. The van der Waals surface area contributed by atoms with Crippen LogP contribution >= 0.6 is 22.6 Å². The number of oxazole rings is 1. The molecule has 0 radical (unpaired) electrons. The molecule has 0 spiro atoms. The highest BCUT2D eigenvalue weighted by atomic mass is 127. The van der Waals surface area contributed by atoms with Crippen LogP contribution in [-0.2, 0) is 0 Å². The molecule has 0 aliphatic rings. The quantitative estimate of drug-likeness (QED) is 0.383. The number of carbonyl (C=O) groups excluding carboxylic acids is 1. The van der Waals surface area contributed by atoms with Gasteiger partial charge in [-0.2, -0.15) is 0 Å². The maximum atomic E-state index is 12.8. The molecule has 3 aromatic carbocycles. The van der Waals surface area contributed by atoms with Gasteiger partial charge in [-0.1, -0.05) is 42.5 Å². The van der Waals surface area contributed by atoms with E-state index in [1.165, 1.54) is 0 Å². The summed E-state index contributed by atoms with van der Waals surface area (Å²) in [6, 6.07) is 24.7. The van der Waals surface area contributed by atoms with Crippen molar-refractivity contribution in [1.29, 1.82) is 0 Å². The number of amides is 1. The van der Waals surface area contributed by atoms with Crippen molar-refractivity contribution in [2.45, 2.75) is 0 Å². The van der Waals surface area contributed by atoms with Gasteiger partial charge in [-0.3, -0.25) is 4.79 Å². The summed E-state index contributed by atoms with van der Waals surface area (Å²) in [4.78, 5) is 17.2. The van der Waals surface area contributed by atoms with Gasteiger partial charge in [-0.25, -0.2) is 4.98 Å². The number of rotatable bonds is 4. The summed E-state index contributed by atoms with van der Waals surface area (Å²) in [7, 11) is 0. The smallest absolute Gasteiger partial charge is 0.256 e. The van der Waals surface area contributed by atoms with Crippen LogP contribution in [0.1, 0.15) is 10.4 Å². The number of hydrogen-bond acceptors (Lipinski definition) is 3. The number of hydrogen-bond donors (Lipinski definition) is 1. The second-order valence-electron chi connectivity index (χ2n) is 5.90. The number of nitrogens with one attached hydrogen (secondary N) is 1. The average molecular weight is 466 g/mol. The maximum absolute atomic E-state index is 12.8. The highest BCUT2D eigenvalue weighted by Crippen LogP contribution is 2.28. The molecule has 0 atom stereocenters. The lowest BCUT2D eigenvalue weighted by Gasteiger charge is -2.08. The van der Waals surface area contributed by atoms with E-state index in [1.807, 2.05) is 72.8 Å². The van der Waals surface area contributed by atoms with Gasteiger partial charge in [0.25, 0.3) is 5.91 Å². The van der Waals surface area contributed by atoms with Gasteiger partial charge in [0, 0.05) is 20.4 Å². The molecule has 1 N–H and O–H groups in total. The van der Waals surface area contributed by atoms with Crippen molar-refractivity contribution >= 4 is 34.2 Å². The van der Waals surface area contributed by atoms with E-state index in [2.05, 4.69) is 32.9 Å². The summed E-state index contributed by atoms with van der Waals surface area (Å²) in [6.07, 6.45) is 1.68. The fourth-order valence-electron chi connectivity index (χ4n) is 2.73. The van der Waals surface area contributed by atoms with E-state index in [0.717, 1.165) is 14.8 Å². The zero-order valence-electron chi connectivity index (χ0n) is 14.2. The van der Waals surface area contributed by atoms with Gasteiger partial charge >= 0.3 is 0 Å². The van der Waals surface area contributed by atoms with Gasteiger partial charge in [0.15, 0.2) is 5.76 Å². The lowest BCUT2D eigenvalue weighted by atomic mass is 10.1. The molecule has 0 aliphatic heterocycles. The number of benzene rings is 3. The summed E-state index contributed by atoms with van der Waals surface area (Å²) < 4.78 is 7.03. The molecule has 0 aliphatic carbocycles. The van der Waals surface area contributed by atoms with Gasteiger partial charge in [0.1, 0.15) is 0 Å². The maximum Gasteiger partial charge on any atom is 0.256 e. The van der Waals surface area contributed by atoms with E-state index in [4.69, 9.17) is 4.42 Å². The Hall–Kier alpha value is -2.93. The average Bonchev–Trinajstić information content (AvgIpc) is 3.20. The summed E-state index contributed by atoms with van der Waals surface area (Å²) in [5.41, 5.74) is 2.85. The first-order chi connectivity index (χ1) is 13.2. The molecule has 0 saturated heterocycles. The van der Waals surface area contributed by atoms with Gasteiger partial charge in [0.05, 0.1) is 11.8 Å². The highest BCUT2D eigenvalue weighted by molar-refractivity contribution is 14.1. The summed E-state index contributed by atoms with van der Waals surface area (Å²) in [5.74, 6) is 0.881. The van der Waals surface area contributed by atoms with Crippen LogP contribution in [-0.4, -0.2) is 10.9 Å². The second-order valence-corrected chi connectivity index (χ2v) is 7.15. The molecule has 1 aromatic heterocycles. The van der Waals surface area contributed by atoms with E-state index in [0.29, 0.717) is 22.8 Å². The fraction of sp³-hybridized carbons (Fsp3) is 0. The Morgan fingerprint density at radius 3 is 2.37 bits per heavy atom. The van der Waals surface area contributed by atoms with Crippen LogP contribution in [0.3, 0.4) is 0 Å². The van der Waals surface area contributed by atoms with Crippen molar-refractivity contribution in [3.8, 4) is 22.8 Å². The minimum absolute atomic E-state index is 0.203. The van der Waals surface area contributed by atoms with Crippen LogP contribution in [0.25, 0.3) is 22.8 Å². The monoisotopic (exact) mass is 466 g/mol. The summed E-state index contributed by atoms with van der Waals surface area (Å²) in [5, 5.41) is 2.92. The first-order valence-corrected chi connectivity index (χ1v) is 9.46. The molecule has 1 amide bonds. The first-order valence-electron chi connectivity index (χ1n) is 8.38. The molecule has 0 saturated carbocycles. The molecular weight excluding hydrogens is 451 g/mol. The van der Waals surface area contributed by atoms with Crippen molar-refractivity contribution in [2.24, 2.45) is 0 Å². The van der Waals surface area contributed by atoms with Gasteiger partial charge in [0.2, 0.25) is 5.89 Å². The molecule has 4 nitrogen and oxygen atoms in total. The molecule has 132 valence electrons. The van der Waals surface area contributed by atoms with E-state index < -0.39 is 0 Å². The molecular formula is C22H15IN2O2. The SMILES string of the molecule is O=C(Nc1ccc(I)cc1)c1ccccc1-c1ncc(-c2ccccc2)o1. The van der Waals surface area contributed by atoms with E-state index in [1.54, 1.807) is 12.3 Å². The fourth-order valence-corrected chi connectivity index (χ4v) is 3.09. The Kier molecular flexibility index (Phi) is 5.02. The van der Waals surface area contributed by atoms with Gasteiger partial charge in [-0.05, 0) is 59.0 Å². The number of carbonyl (C=O) groups is 1. The van der Waals surface area contributed by atoms with Crippen LogP contribution in [0.5, 0.6) is 0 Å². The van der Waals surface area contributed by atoms with Crippen molar-refractivity contribution in [3.05, 3.63) is 94.2 Å². The standard InChI is InChI=1S/C22H15IN2O2/c23-16-10-12-17(13-11-16)25-21(26)18-8-4-5-9-19(18)22-24-14-20(27-22)15-6-2-1-3-7-15/h1-14H,(H,25,26). The molecule has 5 heteroatoms. The van der Waals surface area contributed by atoms with Crippen molar-refractivity contribution in [2.75, 3.05) is 5.32 Å². The Balaban J connectivity index is 1.64. The third-order valence-electron chi connectivity index (χ3n) is 4.07. The van der Waals surface area contributed by atoms with E-state index in [9.17, 15) is 4.79 Å². The molecule has 27 heavy (non-hydrogen) atoms. The first kappa shape index (κ1) is 17.5. The number of nitrogens with zero attached hydrogens (tertiary/aromatic N) is 1. The van der Waals surface area contributed by atoms with Crippen LogP contribution in [0, 0.1) is 3.57 Å². The molecule has 0 fully saturated rings. The van der Waals surface area contributed by atoms with E-state index >= 15 is 0 Å². The zero-order chi connectivity index (χ0) is 18.6. The van der Waals surface area contributed by atoms with Crippen LogP contribution in [0.2, 0.25) is 0 Å². The van der Waals surface area contributed by atoms with E-state index in [-0.39, 0.29) is 5.91 Å². The molecule has 0 unspecified atom stereocenters. The van der Waals surface area contributed by atoms with Gasteiger partial charge < -0.3 is 9.73 Å². The molecule has 4 rings (SSSR count). The van der Waals surface area contributed by atoms with Crippen LogP contribution in [0.4, 0.5) is 5.69 Å². The summed E-state index contributed by atoms with van der Waals surface area (Å²) in [6.45, 7) is 0. The van der Waals surface area contributed by atoms with Crippen molar-refractivity contribution in [1.82, 2.24) is 4.98 Å². The van der Waals surface area contributed by atoms with Crippen molar-refractivity contribution in [3.63, 3.8) is 0 Å². The number of anilines is 1. The largest absolute Gasteiger partial charge is 0.436 e. The Bertz CT molecular complexity index is 1070. The second kappa shape index (κ2) is 7.75. The number of halogens is 1. The Morgan fingerprint density at radius 1 is 0.889 bits per heavy atom. The highest BCUT2D eigenvalue weighted by Gasteiger charge is 2.17. The predicted octanol–water partition coefficient (Wildman–Crippen LogP) is 5.87. The Morgan fingerprint density at radius 2 is 1.59 bits per heavy atom. The van der Waals surface area contributed by atoms with Gasteiger partial charge in [-0.15, -0.1) is 0 Å².